The van der Waals surface area contributed by atoms with E-state index in [2.05, 4.69) is 12.2 Å². The molecular weight excluding hydrogens is 301 g/mol. The van der Waals surface area contributed by atoms with Crippen LogP contribution in [0.2, 0.25) is 0 Å². The van der Waals surface area contributed by atoms with E-state index in [0.29, 0.717) is 0 Å². The van der Waals surface area contributed by atoms with Crippen molar-refractivity contribution in [2.45, 2.75) is 19.1 Å². The summed E-state index contributed by atoms with van der Waals surface area (Å²) in [5.41, 5.74) is 0.784. The first-order valence-electron chi connectivity index (χ1n) is 6.60. The van der Waals surface area contributed by atoms with Gasteiger partial charge in [0.15, 0.2) is 0 Å². The summed E-state index contributed by atoms with van der Waals surface area (Å²) in [4.78, 5) is 22.9. The van der Waals surface area contributed by atoms with Gasteiger partial charge in [0.2, 0.25) is 0 Å². The summed E-state index contributed by atoms with van der Waals surface area (Å²) in [5.74, 6) is -2.61. The average molecular weight is 318 g/mol. The molecular formula is C14H17F3N2O3. The molecule has 1 saturated heterocycles. The smallest absolute Gasteiger partial charge is 0.475 e. The Hall–Kier alpha value is -2.09. The lowest BCUT2D eigenvalue weighted by Crippen LogP contribution is -2.52. The third-order valence-electron chi connectivity index (χ3n) is 3.03. The molecule has 1 unspecified atom stereocenters. The standard InChI is InChI=1S/C12H16N2O.C2HF3O2/c1-10-9-13-7-8-14(10)12(15)11-5-3-2-4-6-11;3-2(4,5)1(6)7/h2-6,10,13H,7-9H2,1H3;(H,6,7). The molecule has 0 bridgehead atoms. The number of carboxylic acid groups (broad SMARTS) is 1. The van der Waals surface area contributed by atoms with Gasteiger partial charge < -0.3 is 15.3 Å². The third-order valence-corrected chi connectivity index (χ3v) is 3.03. The summed E-state index contributed by atoms with van der Waals surface area (Å²) in [6.45, 7) is 4.66. The van der Waals surface area contributed by atoms with E-state index in [9.17, 15) is 18.0 Å². The largest absolute Gasteiger partial charge is 0.490 e. The fourth-order valence-electron chi connectivity index (χ4n) is 1.89. The van der Waals surface area contributed by atoms with Crippen LogP contribution in [-0.2, 0) is 4.79 Å². The molecule has 2 N–H and O–H groups in total. The molecule has 1 aromatic carbocycles. The van der Waals surface area contributed by atoms with Gasteiger partial charge in [-0.25, -0.2) is 4.79 Å². The molecule has 1 heterocycles. The fraction of sp³-hybridized carbons (Fsp3) is 0.429. The SMILES string of the molecule is CC1CNCCN1C(=O)c1ccccc1.O=C(O)C(F)(F)F. The fourth-order valence-corrected chi connectivity index (χ4v) is 1.89. The highest BCUT2D eigenvalue weighted by atomic mass is 19.4. The lowest BCUT2D eigenvalue weighted by atomic mass is 10.1. The monoisotopic (exact) mass is 318 g/mol. The van der Waals surface area contributed by atoms with Gasteiger partial charge in [-0.1, -0.05) is 18.2 Å². The van der Waals surface area contributed by atoms with E-state index in [4.69, 9.17) is 9.90 Å². The topological polar surface area (TPSA) is 69.6 Å². The van der Waals surface area contributed by atoms with Gasteiger partial charge in [-0.15, -0.1) is 0 Å². The quantitative estimate of drug-likeness (QED) is 0.828. The van der Waals surface area contributed by atoms with Gasteiger partial charge in [-0.2, -0.15) is 13.2 Å². The Morgan fingerprint density at radius 2 is 1.82 bits per heavy atom. The summed E-state index contributed by atoms with van der Waals surface area (Å²) in [6, 6.07) is 9.76. The number of carbonyl (C=O) groups excluding carboxylic acids is 1. The molecule has 1 aliphatic rings. The zero-order chi connectivity index (χ0) is 16.8. The first-order valence-corrected chi connectivity index (χ1v) is 6.60. The second-order valence-electron chi connectivity index (χ2n) is 4.72. The van der Waals surface area contributed by atoms with E-state index in [1.165, 1.54) is 0 Å². The third kappa shape index (κ3) is 5.36. The maximum atomic E-state index is 12.1. The Kier molecular flexibility index (Phi) is 6.36. The van der Waals surface area contributed by atoms with Gasteiger partial charge in [-0.05, 0) is 19.1 Å². The molecule has 2 rings (SSSR count). The number of halogens is 3. The second kappa shape index (κ2) is 7.79. The Labute approximate surface area is 125 Å². The minimum Gasteiger partial charge on any atom is -0.475 e. The number of hydrogen-bond donors (Lipinski definition) is 2. The second-order valence-corrected chi connectivity index (χ2v) is 4.72. The van der Waals surface area contributed by atoms with E-state index in [1.54, 1.807) is 0 Å². The number of rotatable bonds is 1. The minimum absolute atomic E-state index is 0.143. The van der Waals surface area contributed by atoms with Crippen molar-refractivity contribution in [1.29, 1.82) is 0 Å². The van der Waals surface area contributed by atoms with Crippen LogP contribution in [0.5, 0.6) is 0 Å². The zero-order valence-electron chi connectivity index (χ0n) is 11.9. The van der Waals surface area contributed by atoms with Gasteiger partial charge in [0, 0.05) is 31.2 Å². The molecule has 0 radical (unpaired) electrons. The van der Waals surface area contributed by atoms with Crippen LogP contribution in [0, 0.1) is 0 Å². The van der Waals surface area contributed by atoms with Crippen LogP contribution in [0.25, 0.3) is 0 Å². The lowest BCUT2D eigenvalue weighted by molar-refractivity contribution is -0.192. The number of alkyl halides is 3. The molecule has 1 aromatic rings. The van der Waals surface area contributed by atoms with Crippen LogP contribution in [-0.4, -0.2) is 53.7 Å². The van der Waals surface area contributed by atoms with Crippen LogP contribution in [0.1, 0.15) is 17.3 Å². The highest BCUT2D eigenvalue weighted by Crippen LogP contribution is 2.13. The number of carboxylic acids is 1. The van der Waals surface area contributed by atoms with Crippen LogP contribution in [0.3, 0.4) is 0 Å². The summed E-state index contributed by atoms with van der Waals surface area (Å²) in [5, 5.41) is 10.4. The molecule has 0 aliphatic carbocycles. The average Bonchev–Trinajstić information content (AvgIpc) is 2.47. The van der Waals surface area contributed by atoms with Crippen LogP contribution < -0.4 is 5.32 Å². The summed E-state index contributed by atoms with van der Waals surface area (Å²) >= 11 is 0. The Morgan fingerprint density at radius 1 is 1.27 bits per heavy atom. The van der Waals surface area contributed by atoms with Gasteiger partial charge in [-0.3, -0.25) is 4.79 Å². The number of hydrogen-bond acceptors (Lipinski definition) is 3. The van der Waals surface area contributed by atoms with Crippen LogP contribution >= 0.6 is 0 Å². The first-order chi connectivity index (χ1) is 10.2. The van der Waals surface area contributed by atoms with E-state index in [1.807, 2.05) is 35.2 Å². The van der Waals surface area contributed by atoms with Crippen molar-refractivity contribution >= 4 is 11.9 Å². The molecule has 1 aliphatic heterocycles. The molecule has 122 valence electrons. The predicted octanol–water partition coefficient (Wildman–Crippen LogP) is 1.75. The van der Waals surface area contributed by atoms with Crippen molar-refractivity contribution in [3.63, 3.8) is 0 Å². The Morgan fingerprint density at radius 3 is 2.27 bits per heavy atom. The van der Waals surface area contributed by atoms with E-state index < -0.39 is 12.1 Å². The van der Waals surface area contributed by atoms with E-state index >= 15 is 0 Å². The number of benzene rings is 1. The molecule has 1 amide bonds. The number of piperazine rings is 1. The van der Waals surface area contributed by atoms with Crippen molar-refractivity contribution in [2.75, 3.05) is 19.6 Å². The summed E-state index contributed by atoms with van der Waals surface area (Å²) < 4.78 is 31.7. The number of carbonyl (C=O) groups is 2. The molecule has 5 nitrogen and oxygen atoms in total. The highest BCUT2D eigenvalue weighted by Gasteiger charge is 2.38. The summed E-state index contributed by atoms with van der Waals surface area (Å²) in [6.07, 6.45) is -5.08. The number of aliphatic carboxylic acids is 1. The predicted molar refractivity (Wildman–Crippen MR) is 73.5 cm³/mol. The molecule has 0 aromatic heterocycles. The van der Waals surface area contributed by atoms with Crippen LogP contribution in [0.15, 0.2) is 30.3 Å². The van der Waals surface area contributed by atoms with E-state index in [0.717, 1.165) is 25.2 Å². The first kappa shape index (κ1) is 18.0. The van der Waals surface area contributed by atoms with Gasteiger partial charge in [0.1, 0.15) is 0 Å². The molecule has 0 spiro atoms. The molecule has 22 heavy (non-hydrogen) atoms. The maximum Gasteiger partial charge on any atom is 0.490 e. The van der Waals surface area contributed by atoms with Crippen LogP contribution in [0.4, 0.5) is 13.2 Å². The Bertz CT molecular complexity index is 506. The van der Waals surface area contributed by atoms with Crippen molar-refractivity contribution in [2.24, 2.45) is 0 Å². The molecule has 1 fully saturated rings. The van der Waals surface area contributed by atoms with Crippen molar-refractivity contribution in [1.82, 2.24) is 10.2 Å². The summed E-state index contributed by atoms with van der Waals surface area (Å²) in [7, 11) is 0. The van der Waals surface area contributed by atoms with Gasteiger partial charge in [0.25, 0.3) is 5.91 Å². The van der Waals surface area contributed by atoms with Gasteiger partial charge >= 0.3 is 12.1 Å². The number of nitrogens with zero attached hydrogens (tertiary/aromatic N) is 1. The van der Waals surface area contributed by atoms with Gasteiger partial charge in [0.05, 0.1) is 0 Å². The number of amides is 1. The number of nitrogens with one attached hydrogen (secondary N) is 1. The molecule has 8 heteroatoms. The van der Waals surface area contributed by atoms with Crippen molar-refractivity contribution in [3.05, 3.63) is 35.9 Å². The normalized spacial score (nSPS) is 18.2. The van der Waals surface area contributed by atoms with E-state index in [-0.39, 0.29) is 11.9 Å². The van der Waals surface area contributed by atoms with Crippen molar-refractivity contribution < 1.29 is 27.9 Å². The highest BCUT2D eigenvalue weighted by molar-refractivity contribution is 5.94. The minimum atomic E-state index is -5.08. The lowest BCUT2D eigenvalue weighted by Gasteiger charge is -2.34. The molecule has 1 atom stereocenters. The Balaban J connectivity index is 0.000000295. The maximum absolute atomic E-state index is 12.1. The zero-order valence-corrected chi connectivity index (χ0v) is 11.9. The molecule has 0 saturated carbocycles. The van der Waals surface area contributed by atoms with Crippen molar-refractivity contribution in [3.8, 4) is 0 Å².